The van der Waals surface area contributed by atoms with Gasteiger partial charge in [-0.3, -0.25) is 24.3 Å². The fourth-order valence-electron chi connectivity index (χ4n) is 1.34. The molecule has 1 heterocycles. The van der Waals surface area contributed by atoms with Crippen molar-refractivity contribution in [2.75, 3.05) is 0 Å². The Morgan fingerprint density at radius 3 is 2.45 bits per heavy atom. The number of amides is 1. The molecule has 1 atom stereocenters. The molecule has 0 bridgehead atoms. The van der Waals surface area contributed by atoms with E-state index in [2.05, 4.69) is 5.10 Å². The van der Waals surface area contributed by atoms with Crippen LogP contribution in [0.1, 0.15) is 6.42 Å². The van der Waals surface area contributed by atoms with Gasteiger partial charge in [0.25, 0.3) is 11.1 Å². The lowest BCUT2D eigenvalue weighted by Gasteiger charge is -2.12. The standard InChI is InChI=1S/C10H11N3O7/c14-6-1-2-8(16)13(12-6)4-7(15)11-5(10(19)20)3-9(17)18/h1-2,5H,3-4H2,(H,11,15)(H,12,14)(H,17,18)(H,19,20)/t5-/m0/s1. The van der Waals surface area contributed by atoms with Crippen molar-refractivity contribution in [2.45, 2.75) is 19.0 Å². The number of nitrogens with zero attached hydrogens (tertiary/aromatic N) is 1. The Morgan fingerprint density at radius 1 is 1.25 bits per heavy atom. The third kappa shape index (κ3) is 4.40. The molecule has 0 aliphatic rings. The van der Waals surface area contributed by atoms with Crippen LogP contribution in [0.5, 0.6) is 0 Å². The summed E-state index contributed by atoms with van der Waals surface area (Å²) in [6.45, 7) is -0.627. The summed E-state index contributed by atoms with van der Waals surface area (Å²) < 4.78 is 0.678. The van der Waals surface area contributed by atoms with Crippen molar-refractivity contribution < 1.29 is 24.6 Å². The first-order chi connectivity index (χ1) is 9.29. The zero-order valence-corrected chi connectivity index (χ0v) is 10.0. The number of carbonyl (C=O) groups is 3. The van der Waals surface area contributed by atoms with E-state index in [-0.39, 0.29) is 0 Å². The van der Waals surface area contributed by atoms with Crippen LogP contribution in [0.25, 0.3) is 0 Å². The summed E-state index contributed by atoms with van der Waals surface area (Å²) in [4.78, 5) is 55.0. The summed E-state index contributed by atoms with van der Waals surface area (Å²) in [5, 5.41) is 21.2. The third-order valence-electron chi connectivity index (χ3n) is 2.20. The minimum Gasteiger partial charge on any atom is -0.481 e. The predicted octanol–water partition coefficient (Wildman–Crippen LogP) is -2.42. The molecule has 10 heteroatoms. The molecule has 0 aliphatic heterocycles. The molecule has 1 aromatic rings. The highest BCUT2D eigenvalue weighted by Gasteiger charge is 2.23. The van der Waals surface area contributed by atoms with Crippen LogP contribution in [-0.2, 0) is 20.9 Å². The number of carboxylic acids is 2. The van der Waals surface area contributed by atoms with E-state index in [1.54, 1.807) is 0 Å². The summed E-state index contributed by atoms with van der Waals surface area (Å²) in [6.07, 6.45) is -0.804. The second kappa shape index (κ2) is 6.31. The van der Waals surface area contributed by atoms with Gasteiger partial charge in [0, 0.05) is 12.1 Å². The van der Waals surface area contributed by atoms with Crippen LogP contribution in [0.15, 0.2) is 21.7 Å². The molecule has 0 aromatic carbocycles. The zero-order valence-electron chi connectivity index (χ0n) is 10.0. The molecule has 20 heavy (non-hydrogen) atoms. The van der Waals surface area contributed by atoms with Crippen molar-refractivity contribution in [3.8, 4) is 0 Å². The second-order valence-electron chi connectivity index (χ2n) is 3.79. The van der Waals surface area contributed by atoms with Crippen LogP contribution >= 0.6 is 0 Å². The molecule has 0 fully saturated rings. The van der Waals surface area contributed by atoms with Crippen LogP contribution < -0.4 is 16.4 Å². The number of hydrogen-bond donors (Lipinski definition) is 4. The number of nitrogens with one attached hydrogen (secondary N) is 2. The topological polar surface area (TPSA) is 159 Å². The van der Waals surface area contributed by atoms with Gasteiger partial charge in [0.1, 0.15) is 12.6 Å². The smallest absolute Gasteiger partial charge is 0.326 e. The molecule has 0 saturated heterocycles. The summed E-state index contributed by atoms with van der Waals surface area (Å²) in [7, 11) is 0. The highest BCUT2D eigenvalue weighted by atomic mass is 16.4. The molecule has 4 N–H and O–H groups in total. The minimum atomic E-state index is -1.62. The molecule has 10 nitrogen and oxygen atoms in total. The first-order valence-corrected chi connectivity index (χ1v) is 5.33. The molecule has 0 radical (unpaired) electrons. The number of hydrogen-bond acceptors (Lipinski definition) is 5. The maximum atomic E-state index is 11.5. The summed E-state index contributed by atoms with van der Waals surface area (Å²) in [5.41, 5.74) is -1.28. The lowest BCUT2D eigenvalue weighted by Crippen LogP contribution is -2.45. The zero-order chi connectivity index (χ0) is 15.3. The van der Waals surface area contributed by atoms with Gasteiger partial charge in [-0.05, 0) is 0 Å². The average molecular weight is 285 g/mol. The van der Waals surface area contributed by atoms with E-state index in [1.165, 1.54) is 0 Å². The first-order valence-electron chi connectivity index (χ1n) is 5.33. The van der Waals surface area contributed by atoms with Crippen molar-refractivity contribution in [1.29, 1.82) is 0 Å². The fraction of sp³-hybridized carbons (Fsp3) is 0.300. The number of aliphatic carboxylic acids is 2. The molecule has 108 valence electrons. The molecule has 0 spiro atoms. The van der Waals surface area contributed by atoms with Crippen LogP contribution in [0.2, 0.25) is 0 Å². The Labute approximate surface area is 110 Å². The SMILES string of the molecule is O=C(O)C[C@H](NC(=O)Cn1[nH]c(=O)ccc1=O)C(=O)O. The third-order valence-corrected chi connectivity index (χ3v) is 2.20. The highest BCUT2D eigenvalue weighted by molar-refractivity contribution is 5.86. The van der Waals surface area contributed by atoms with E-state index in [0.29, 0.717) is 4.68 Å². The predicted molar refractivity (Wildman–Crippen MR) is 63.1 cm³/mol. The fourth-order valence-corrected chi connectivity index (χ4v) is 1.34. The van der Waals surface area contributed by atoms with E-state index < -0.39 is 48.0 Å². The molecule has 0 unspecified atom stereocenters. The summed E-state index contributed by atoms with van der Waals surface area (Å²) in [5.74, 6) is -3.83. The van der Waals surface area contributed by atoms with Gasteiger partial charge in [-0.15, -0.1) is 0 Å². The normalized spacial score (nSPS) is 11.6. The van der Waals surface area contributed by atoms with E-state index in [0.717, 1.165) is 12.1 Å². The van der Waals surface area contributed by atoms with Gasteiger partial charge < -0.3 is 15.5 Å². The van der Waals surface area contributed by atoms with Gasteiger partial charge >= 0.3 is 11.9 Å². The Balaban J connectivity index is 2.78. The summed E-state index contributed by atoms with van der Waals surface area (Å²) >= 11 is 0. The van der Waals surface area contributed by atoms with Gasteiger partial charge in [0.05, 0.1) is 6.42 Å². The molecule has 0 saturated carbocycles. The number of carbonyl (C=O) groups excluding carboxylic acids is 1. The van der Waals surface area contributed by atoms with E-state index in [9.17, 15) is 24.0 Å². The maximum absolute atomic E-state index is 11.5. The number of carboxylic acid groups (broad SMARTS) is 2. The summed E-state index contributed by atoms with van der Waals surface area (Å²) in [6, 6.07) is 0.297. The molecule has 0 aliphatic carbocycles. The number of H-pyrrole nitrogens is 1. The first kappa shape index (κ1) is 15.1. The van der Waals surface area contributed by atoms with E-state index in [1.807, 2.05) is 5.32 Å². The second-order valence-corrected chi connectivity index (χ2v) is 3.79. The molecular weight excluding hydrogens is 274 g/mol. The monoisotopic (exact) mass is 285 g/mol. The average Bonchev–Trinajstić information content (AvgIpc) is 2.32. The Bertz CT molecular complexity index is 645. The number of aromatic amines is 1. The maximum Gasteiger partial charge on any atom is 0.326 e. The van der Waals surface area contributed by atoms with Gasteiger partial charge in [0.15, 0.2) is 0 Å². The van der Waals surface area contributed by atoms with Crippen molar-refractivity contribution in [2.24, 2.45) is 0 Å². The van der Waals surface area contributed by atoms with Crippen LogP contribution in [0, 0.1) is 0 Å². The molecule has 1 rings (SSSR count). The van der Waals surface area contributed by atoms with E-state index in [4.69, 9.17) is 10.2 Å². The van der Waals surface area contributed by atoms with Gasteiger partial charge in [-0.1, -0.05) is 0 Å². The number of rotatable bonds is 6. The minimum absolute atomic E-state index is 0.613. The lowest BCUT2D eigenvalue weighted by molar-refractivity contribution is -0.147. The quantitative estimate of drug-likeness (QED) is 0.452. The largest absolute Gasteiger partial charge is 0.481 e. The van der Waals surface area contributed by atoms with E-state index >= 15 is 0 Å². The van der Waals surface area contributed by atoms with Crippen molar-refractivity contribution in [3.05, 3.63) is 32.8 Å². The molecular formula is C10H11N3O7. The lowest BCUT2D eigenvalue weighted by atomic mass is 10.2. The Hall–Kier alpha value is -2.91. The van der Waals surface area contributed by atoms with Crippen LogP contribution in [0.4, 0.5) is 0 Å². The van der Waals surface area contributed by atoms with Crippen molar-refractivity contribution >= 4 is 17.8 Å². The molecule has 1 aromatic heterocycles. The van der Waals surface area contributed by atoms with Crippen molar-refractivity contribution in [1.82, 2.24) is 15.1 Å². The Kier molecular flexibility index (Phi) is 4.78. The van der Waals surface area contributed by atoms with Crippen LogP contribution in [-0.4, -0.2) is 43.9 Å². The van der Waals surface area contributed by atoms with Gasteiger partial charge in [-0.2, -0.15) is 0 Å². The van der Waals surface area contributed by atoms with Gasteiger partial charge in [-0.25, -0.2) is 9.48 Å². The number of aromatic nitrogens is 2. The highest BCUT2D eigenvalue weighted by Crippen LogP contribution is 1.93. The Morgan fingerprint density at radius 2 is 1.90 bits per heavy atom. The van der Waals surface area contributed by atoms with Crippen LogP contribution in [0.3, 0.4) is 0 Å². The van der Waals surface area contributed by atoms with Crippen molar-refractivity contribution in [3.63, 3.8) is 0 Å². The van der Waals surface area contributed by atoms with Gasteiger partial charge in [0.2, 0.25) is 5.91 Å². The molecule has 1 amide bonds.